The number of benzene rings is 1. The fraction of sp³-hybridized carbons (Fsp3) is 0.200. The highest BCUT2D eigenvalue weighted by molar-refractivity contribution is 7.80. The first-order valence-electron chi connectivity index (χ1n) is 6.22. The molecule has 0 aliphatic heterocycles. The Kier molecular flexibility index (Phi) is 4.12. The average molecular weight is 271 g/mol. The van der Waals surface area contributed by atoms with Crippen LogP contribution in [0, 0.1) is 6.92 Å². The van der Waals surface area contributed by atoms with Crippen molar-refractivity contribution in [2.24, 2.45) is 5.73 Å². The van der Waals surface area contributed by atoms with Gasteiger partial charge in [0.2, 0.25) is 0 Å². The van der Waals surface area contributed by atoms with Gasteiger partial charge in [-0.3, -0.25) is 4.98 Å². The first-order chi connectivity index (χ1) is 9.11. The number of pyridine rings is 1. The Morgan fingerprint density at radius 2 is 1.89 bits per heavy atom. The maximum Gasteiger partial charge on any atom is 0.122 e. The number of thiocarbonyl (C=S) groups is 1. The molecule has 1 aromatic heterocycles. The molecule has 98 valence electrons. The smallest absolute Gasteiger partial charge is 0.122 e. The minimum Gasteiger partial charge on any atom is -0.388 e. The second kappa shape index (κ2) is 5.80. The standard InChI is InChI=1S/C15H17N3S/c1-3-18(12-6-4-11(2)5-7-12)13-8-9-17-14(10-13)15(16)19/h4-10H,3H2,1-2H3,(H2,16,19). The zero-order valence-electron chi connectivity index (χ0n) is 11.1. The molecule has 0 fully saturated rings. The molecule has 0 radical (unpaired) electrons. The lowest BCUT2D eigenvalue weighted by atomic mass is 10.2. The van der Waals surface area contributed by atoms with Gasteiger partial charge in [0.05, 0.1) is 5.69 Å². The van der Waals surface area contributed by atoms with Crippen molar-refractivity contribution in [3.8, 4) is 0 Å². The van der Waals surface area contributed by atoms with Crippen molar-refractivity contribution in [1.29, 1.82) is 0 Å². The van der Waals surface area contributed by atoms with Gasteiger partial charge in [0.15, 0.2) is 0 Å². The molecule has 2 aromatic rings. The van der Waals surface area contributed by atoms with E-state index in [0.29, 0.717) is 10.7 Å². The largest absolute Gasteiger partial charge is 0.388 e. The normalized spacial score (nSPS) is 10.2. The van der Waals surface area contributed by atoms with Crippen LogP contribution in [-0.2, 0) is 0 Å². The zero-order chi connectivity index (χ0) is 13.8. The minimum atomic E-state index is 0.321. The molecule has 1 heterocycles. The number of hydrogen-bond acceptors (Lipinski definition) is 3. The zero-order valence-corrected chi connectivity index (χ0v) is 11.9. The molecule has 0 bridgehead atoms. The molecule has 4 heteroatoms. The summed E-state index contributed by atoms with van der Waals surface area (Å²) in [6.07, 6.45) is 1.74. The van der Waals surface area contributed by atoms with Crippen molar-refractivity contribution in [3.63, 3.8) is 0 Å². The van der Waals surface area contributed by atoms with Crippen molar-refractivity contribution in [1.82, 2.24) is 4.98 Å². The molecule has 0 atom stereocenters. The first kappa shape index (κ1) is 13.5. The predicted octanol–water partition coefficient (Wildman–Crippen LogP) is 3.18. The molecular formula is C15H17N3S. The molecular weight excluding hydrogens is 254 g/mol. The number of nitrogens with zero attached hydrogens (tertiary/aromatic N) is 2. The van der Waals surface area contributed by atoms with Gasteiger partial charge in [0.25, 0.3) is 0 Å². The highest BCUT2D eigenvalue weighted by Crippen LogP contribution is 2.25. The summed E-state index contributed by atoms with van der Waals surface area (Å²) in [5.41, 5.74) is 9.72. The summed E-state index contributed by atoms with van der Waals surface area (Å²) >= 11 is 4.98. The van der Waals surface area contributed by atoms with E-state index in [0.717, 1.165) is 17.9 Å². The molecule has 0 unspecified atom stereocenters. The van der Waals surface area contributed by atoms with Crippen molar-refractivity contribution < 1.29 is 0 Å². The lowest BCUT2D eigenvalue weighted by Crippen LogP contribution is -2.18. The molecule has 0 spiro atoms. The van der Waals surface area contributed by atoms with Gasteiger partial charge in [-0.2, -0.15) is 0 Å². The van der Waals surface area contributed by atoms with Crippen LogP contribution in [0.4, 0.5) is 11.4 Å². The van der Waals surface area contributed by atoms with Crippen LogP contribution in [0.3, 0.4) is 0 Å². The number of hydrogen-bond donors (Lipinski definition) is 1. The van der Waals surface area contributed by atoms with Gasteiger partial charge in [-0.05, 0) is 38.1 Å². The fourth-order valence-electron chi connectivity index (χ4n) is 1.96. The molecule has 3 nitrogen and oxygen atoms in total. The number of rotatable bonds is 4. The van der Waals surface area contributed by atoms with E-state index in [1.807, 2.05) is 12.1 Å². The second-order valence-corrected chi connectivity index (χ2v) is 4.78. The predicted molar refractivity (Wildman–Crippen MR) is 84.0 cm³/mol. The van der Waals surface area contributed by atoms with E-state index in [9.17, 15) is 0 Å². The number of aryl methyl sites for hydroxylation is 1. The Morgan fingerprint density at radius 1 is 1.21 bits per heavy atom. The van der Waals surface area contributed by atoms with Crippen LogP contribution in [0.5, 0.6) is 0 Å². The van der Waals surface area contributed by atoms with Crippen LogP contribution in [0.2, 0.25) is 0 Å². The third-order valence-electron chi connectivity index (χ3n) is 2.97. The van der Waals surface area contributed by atoms with Gasteiger partial charge in [0.1, 0.15) is 4.99 Å². The van der Waals surface area contributed by atoms with E-state index >= 15 is 0 Å². The molecule has 0 amide bonds. The van der Waals surface area contributed by atoms with E-state index in [2.05, 4.69) is 48.0 Å². The van der Waals surface area contributed by atoms with Gasteiger partial charge in [-0.1, -0.05) is 29.9 Å². The van der Waals surface area contributed by atoms with E-state index in [-0.39, 0.29) is 0 Å². The second-order valence-electron chi connectivity index (χ2n) is 4.34. The Bertz CT molecular complexity index is 578. The fourth-order valence-corrected chi connectivity index (χ4v) is 2.07. The Labute approximate surface area is 119 Å². The monoisotopic (exact) mass is 271 g/mol. The summed E-state index contributed by atoms with van der Waals surface area (Å²) in [4.78, 5) is 6.69. The molecule has 2 N–H and O–H groups in total. The maximum absolute atomic E-state index is 5.63. The van der Waals surface area contributed by atoms with Crippen LogP contribution in [-0.4, -0.2) is 16.5 Å². The van der Waals surface area contributed by atoms with Crippen molar-refractivity contribution in [3.05, 3.63) is 53.9 Å². The molecule has 19 heavy (non-hydrogen) atoms. The Balaban J connectivity index is 2.39. The summed E-state index contributed by atoms with van der Waals surface area (Å²) < 4.78 is 0. The topological polar surface area (TPSA) is 42.2 Å². The van der Waals surface area contributed by atoms with E-state index in [4.69, 9.17) is 18.0 Å². The number of nitrogens with two attached hydrogens (primary N) is 1. The SMILES string of the molecule is CCN(c1ccc(C)cc1)c1ccnc(C(N)=S)c1. The molecule has 0 saturated carbocycles. The number of anilines is 2. The summed E-state index contributed by atoms with van der Waals surface area (Å²) in [6.45, 7) is 5.06. The van der Waals surface area contributed by atoms with E-state index in [1.54, 1.807) is 6.20 Å². The summed E-state index contributed by atoms with van der Waals surface area (Å²) in [5, 5.41) is 0. The van der Waals surface area contributed by atoms with E-state index < -0.39 is 0 Å². The first-order valence-corrected chi connectivity index (χ1v) is 6.62. The van der Waals surface area contributed by atoms with Crippen molar-refractivity contribution in [2.45, 2.75) is 13.8 Å². The maximum atomic E-state index is 5.63. The van der Waals surface area contributed by atoms with Crippen LogP contribution in [0.1, 0.15) is 18.2 Å². The van der Waals surface area contributed by atoms with Crippen LogP contribution < -0.4 is 10.6 Å². The Morgan fingerprint density at radius 3 is 2.47 bits per heavy atom. The summed E-state index contributed by atoms with van der Waals surface area (Å²) in [7, 11) is 0. The van der Waals surface area contributed by atoms with Gasteiger partial charge in [0, 0.05) is 24.1 Å². The highest BCUT2D eigenvalue weighted by atomic mass is 32.1. The van der Waals surface area contributed by atoms with Gasteiger partial charge in [-0.15, -0.1) is 0 Å². The van der Waals surface area contributed by atoms with Crippen LogP contribution >= 0.6 is 12.2 Å². The lowest BCUT2D eigenvalue weighted by Gasteiger charge is -2.23. The molecule has 0 aliphatic rings. The summed E-state index contributed by atoms with van der Waals surface area (Å²) in [6, 6.07) is 12.3. The quantitative estimate of drug-likeness (QED) is 0.867. The van der Waals surface area contributed by atoms with Gasteiger partial charge < -0.3 is 10.6 Å². The number of aromatic nitrogens is 1. The van der Waals surface area contributed by atoms with Gasteiger partial charge in [-0.25, -0.2) is 0 Å². The minimum absolute atomic E-state index is 0.321. The van der Waals surface area contributed by atoms with Crippen molar-refractivity contribution in [2.75, 3.05) is 11.4 Å². The Hall–Kier alpha value is -1.94. The lowest BCUT2D eigenvalue weighted by molar-refractivity contribution is 1.02. The third kappa shape index (κ3) is 3.09. The average Bonchev–Trinajstić information content (AvgIpc) is 2.42. The van der Waals surface area contributed by atoms with Gasteiger partial charge >= 0.3 is 0 Å². The molecule has 0 saturated heterocycles. The molecule has 2 rings (SSSR count). The third-order valence-corrected chi connectivity index (χ3v) is 3.18. The van der Waals surface area contributed by atoms with E-state index in [1.165, 1.54) is 5.56 Å². The van der Waals surface area contributed by atoms with Crippen molar-refractivity contribution >= 4 is 28.6 Å². The van der Waals surface area contributed by atoms with Crippen LogP contribution in [0.25, 0.3) is 0 Å². The van der Waals surface area contributed by atoms with Crippen LogP contribution in [0.15, 0.2) is 42.6 Å². The highest BCUT2D eigenvalue weighted by Gasteiger charge is 2.08. The molecule has 1 aromatic carbocycles. The summed E-state index contributed by atoms with van der Waals surface area (Å²) in [5.74, 6) is 0. The molecule has 0 aliphatic carbocycles.